The van der Waals surface area contributed by atoms with Crippen molar-refractivity contribution < 1.29 is 27.9 Å². The Bertz CT molecular complexity index is 321. The minimum absolute atomic E-state index is 0.221. The Labute approximate surface area is 109 Å². The van der Waals surface area contributed by atoms with E-state index in [9.17, 15) is 22.8 Å². The van der Waals surface area contributed by atoms with E-state index < -0.39 is 36.7 Å². The number of carboxylic acid groups (broad SMARTS) is 1. The van der Waals surface area contributed by atoms with Gasteiger partial charge in [-0.05, 0) is 20.8 Å². The molecule has 112 valence electrons. The summed E-state index contributed by atoms with van der Waals surface area (Å²) in [4.78, 5) is 23.5. The SMILES string of the molecule is CCN(C(=O)NC(C)CC(F)(F)F)C(C)CC(=O)O. The second-order valence-corrected chi connectivity index (χ2v) is 4.40. The van der Waals surface area contributed by atoms with Gasteiger partial charge >= 0.3 is 18.2 Å². The van der Waals surface area contributed by atoms with Crippen LogP contribution in [-0.2, 0) is 4.79 Å². The van der Waals surface area contributed by atoms with Crippen molar-refractivity contribution in [1.29, 1.82) is 0 Å². The van der Waals surface area contributed by atoms with Crippen LogP contribution in [0.2, 0.25) is 0 Å². The topological polar surface area (TPSA) is 69.6 Å². The summed E-state index contributed by atoms with van der Waals surface area (Å²) in [7, 11) is 0. The van der Waals surface area contributed by atoms with E-state index >= 15 is 0 Å². The van der Waals surface area contributed by atoms with Crippen LogP contribution >= 0.6 is 0 Å². The average Bonchev–Trinajstić information content (AvgIpc) is 2.13. The molecule has 5 nitrogen and oxygen atoms in total. The van der Waals surface area contributed by atoms with E-state index in [1.54, 1.807) is 6.92 Å². The van der Waals surface area contributed by atoms with Crippen LogP contribution in [0.3, 0.4) is 0 Å². The van der Waals surface area contributed by atoms with Crippen LogP contribution in [0.15, 0.2) is 0 Å². The van der Waals surface area contributed by atoms with Crippen molar-refractivity contribution in [1.82, 2.24) is 10.2 Å². The molecule has 2 N–H and O–H groups in total. The molecule has 0 heterocycles. The Morgan fingerprint density at radius 3 is 2.21 bits per heavy atom. The quantitative estimate of drug-likeness (QED) is 0.785. The maximum Gasteiger partial charge on any atom is 0.391 e. The molecular formula is C11H19F3N2O3. The summed E-state index contributed by atoms with van der Waals surface area (Å²) in [5.41, 5.74) is 0. The Balaban J connectivity index is 4.47. The predicted molar refractivity (Wildman–Crippen MR) is 62.8 cm³/mol. The first-order valence-corrected chi connectivity index (χ1v) is 5.92. The largest absolute Gasteiger partial charge is 0.481 e. The van der Waals surface area contributed by atoms with Gasteiger partial charge in [-0.15, -0.1) is 0 Å². The van der Waals surface area contributed by atoms with Gasteiger partial charge in [0, 0.05) is 18.6 Å². The van der Waals surface area contributed by atoms with Gasteiger partial charge in [-0.2, -0.15) is 13.2 Å². The number of alkyl halides is 3. The number of amides is 2. The number of urea groups is 1. The third-order valence-corrected chi connectivity index (χ3v) is 2.51. The summed E-state index contributed by atoms with van der Waals surface area (Å²) in [6.45, 7) is 4.64. The summed E-state index contributed by atoms with van der Waals surface area (Å²) in [5.74, 6) is -1.07. The molecule has 2 atom stereocenters. The molecule has 19 heavy (non-hydrogen) atoms. The van der Waals surface area contributed by atoms with Crippen LogP contribution in [-0.4, -0.2) is 46.8 Å². The summed E-state index contributed by atoms with van der Waals surface area (Å²) in [6, 6.07) is -2.33. The monoisotopic (exact) mass is 284 g/mol. The molecule has 0 aliphatic rings. The number of carbonyl (C=O) groups excluding carboxylic acids is 1. The molecule has 0 spiro atoms. The van der Waals surface area contributed by atoms with E-state index in [2.05, 4.69) is 5.32 Å². The molecule has 0 aliphatic heterocycles. The highest BCUT2D eigenvalue weighted by molar-refractivity contribution is 5.76. The Hall–Kier alpha value is -1.47. The molecule has 2 unspecified atom stereocenters. The molecule has 8 heteroatoms. The lowest BCUT2D eigenvalue weighted by molar-refractivity contribution is -0.138. The maximum absolute atomic E-state index is 12.1. The zero-order chi connectivity index (χ0) is 15.2. The normalized spacial score (nSPS) is 14.6. The van der Waals surface area contributed by atoms with Gasteiger partial charge in [-0.3, -0.25) is 4.79 Å². The lowest BCUT2D eigenvalue weighted by Gasteiger charge is -2.29. The van der Waals surface area contributed by atoms with Gasteiger partial charge in [0.05, 0.1) is 12.8 Å². The van der Waals surface area contributed by atoms with Crippen molar-refractivity contribution in [3.63, 3.8) is 0 Å². The number of hydrogen-bond acceptors (Lipinski definition) is 2. The number of carbonyl (C=O) groups is 2. The van der Waals surface area contributed by atoms with Crippen LogP contribution in [0, 0.1) is 0 Å². The Morgan fingerprint density at radius 1 is 1.32 bits per heavy atom. The highest BCUT2D eigenvalue weighted by Crippen LogP contribution is 2.21. The molecule has 2 amide bonds. The van der Waals surface area contributed by atoms with Crippen molar-refractivity contribution in [3.8, 4) is 0 Å². The number of nitrogens with zero attached hydrogens (tertiary/aromatic N) is 1. The van der Waals surface area contributed by atoms with E-state index in [1.807, 2.05) is 0 Å². The van der Waals surface area contributed by atoms with Gasteiger partial charge in [0.1, 0.15) is 0 Å². The van der Waals surface area contributed by atoms with Gasteiger partial charge < -0.3 is 15.3 Å². The minimum Gasteiger partial charge on any atom is -0.481 e. The first kappa shape index (κ1) is 17.5. The molecule has 0 aromatic rings. The minimum atomic E-state index is -4.35. The highest BCUT2D eigenvalue weighted by Gasteiger charge is 2.31. The molecule has 0 radical (unpaired) electrons. The molecule has 0 aromatic heterocycles. The van der Waals surface area contributed by atoms with E-state index in [4.69, 9.17) is 5.11 Å². The Morgan fingerprint density at radius 2 is 1.84 bits per heavy atom. The van der Waals surface area contributed by atoms with Crippen molar-refractivity contribution in [2.24, 2.45) is 0 Å². The van der Waals surface area contributed by atoms with E-state index in [1.165, 1.54) is 18.7 Å². The second kappa shape index (κ2) is 7.20. The fourth-order valence-corrected chi connectivity index (χ4v) is 1.71. The van der Waals surface area contributed by atoms with Gasteiger partial charge in [0.25, 0.3) is 0 Å². The fraction of sp³-hybridized carbons (Fsp3) is 0.818. The van der Waals surface area contributed by atoms with Crippen LogP contribution in [0.1, 0.15) is 33.6 Å². The van der Waals surface area contributed by atoms with Crippen molar-refractivity contribution >= 4 is 12.0 Å². The van der Waals surface area contributed by atoms with Crippen LogP contribution in [0.5, 0.6) is 0 Å². The summed E-state index contributed by atoms with van der Waals surface area (Å²) < 4.78 is 36.4. The second-order valence-electron chi connectivity index (χ2n) is 4.40. The van der Waals surface area contributed by atoms with Crippen LogP contribution in [0.4, 0.5) is 18.0 Å². The number of carboxylic acids is 1. The van der Waals surface area contributed by atoms with Crippen LogP contribution in [0.25, 0.3) is 0 Å². The number of aliphatic carboxylic acids is 1. The zero-order valence-corrected chi connectivity index (χ0v) is 11.1. The van der Waals surface area contributed by atoms with Gasteiger partial charge in [-0.1, -0.05) is 0 Å². The number of rotatable bonds is 6. The van der Waals surface area contributed by atoms with E-state index in [0.29, 0.717) is 0 Å². The van der Waals surface area contributed by atoms with Gasteiger partial charge in [0.2, 0.25) is 0 Å². The lowest BCUT2D eigenvalue weighted by Crippen LogP contribution is -2.49. The molecule has 0 aromatic carbocycles. The number of nitrogens with one attached hydrogen (secondary N) is 1. The first-order chi connectivity index (χ1) is 8.56. The third-order valence-electron chi connectivity index (χ3n) is 2.51. The average molecular weight is 284 g/mol. The number of halogens is 3. The van der Waals surface area contributed by atoms with Crippen molar-refractivity contribution in [3.05, 3.63) is 0 Å². The fourth-order valence-electron chi connectivity index (χ4n) is 1.71. The molecule has 0 saturated carbocycles. The number of hydrogen-bond donors (Lipinski definition) is 2. The smallest absolute Gasteiger partial charge is 0.391 e. The first-order valence-electron chi connectivity index (χ1n) is 5.92. The van der Waals surface area contributed by atoms with Gasteiger partial charge in [-0.25, -0.2) is 4.79 Å². The summed E-state index contributed by atoms with van der Waals surface area (Å²) >= 11 is 0. The molecule has 0 bridgehead atoms. The predicted octanol–water partition coefficient (Wildman–Crippen LogP) is 2.22. The van der Waals surface area contributed by atoms with Gasteiger partial charge in [0.15, 0.2) is 0 Å². The molecule has 0 rings (SSSR count). The van der Waals surface area contributed by atoms with Crippen molar-refractivity contribution in [2.45, 2.75) is 51.9 Å². The highest BCUT2D eigenvalue weighted by atomic mass is 19.4. The summed E-state index contributed by atoms with van der Waals surface area (Å²) in [5, 5.41) is 10.9. The molecule has 0 aliphatic carbocycles. The standard InChI is InChI=1S/C11H19F3N2O3/c1-4-16(8(3)5-9(17)18)10(19)15-7(2)6-11(12,13)14/h7-8H,4-6H2,1-3H3,(H,15,19)(H,17,18). The lowest BCUT2D eigenvalue weighted by atomic mass is 10.2. The zero-order valence-electron chi connectivity index (χ0n) is 11.1. The van der Waals surface area contributed by atoms with E-state index in [0.717, 1.165) is 0 Å². The Kier molecular flexibility index (Phi) is 6.64. The molecule has 0 saturated heterocycles. The van der Waals surface area contributed by atoms with Crippen LogP contribution < -0.4 is 5.32 Å². The maximum atomic E-state index is 12.1. The van der Waals surface area contributed by atoms with Crippen molar-refractivity contribution in [2.75, 3.05) is 6.54 Å². The molecular weight excluding hydrogens is 265 g/mol. The summed E-state index contributed by atoms with van der Waals surface area (Å²) in [6.07, 6.45) is -5.73. The molecule has 0 fully saturated rings. The van der Waals surface area contributed by atoms with E-state index in [-0.39, 0.29) is 13.0 Å². The third kappa shape index (κ3) is 7.53.